The molecule has 2 N–H and O–H groups in total. The van der Waals surface area contributed by atoms with Crippen molar-refractivity contribution in [2.45, 2.75) is 13.0 Å². The zero-order valence-corrected chi connectivity index (χ0v) is 7.67. The van der Waals surface area contributed by atoms with Crippen molar-refractivity contribution in [2.24, 2.45) is 0 Å². The molecule has 5 nitrogen and oxygen atoms in total. The Labute approximate surface area is 78.4 Å². The van der Waals surface area contributed by atoms with Crippen molar-refractivity contribution in [3.8, 4) is 0 Å². The first-order valence-corrected chi connectivity index (χ1v) is 4.31. The molecule has 0 fully saturated rings. The molecule has 0 saturated carbocycles. The van der Waals surface area contributed by atoms with Crippen LogP contribution in [0.5, 0.6) is 0 Å². The van der Waals surface area contributed by atoms with Crippen molar-refractivity contribution >= 4 is 23.7 Å². The summed E-state index contributed by atoms with van der Waals surface area (Å²) in [6.07, 6.45) is 1.82. The van der Waals surface area contributed by atoms with Crippen molar-refractivity contribution in [1.29, 1.82) is 0 Å². The molecular weight excluding hydrogens is 192 g/mol. The summed E-state index contributed by atoms with van der Waals surface area (Å²) in [5.41, 5.74) is 0. The largest absolute Gasteiger partial charge is 0.479 e. The molecule has 0 spiro atoms. The minimum atomic E-state index is -1.09. The number of carbonyl (C=O) groups excluding carboxylic acids is 1. The van der Waals surface area contributed by atoms with E-state index in [-0.39, 0.29) is 0 Å². The number of hydrogen-bond donors (Lipinski definition) is 2. The molecule has 0 aliphatic rings. The third-order valence-corrected chi connectivity index (χ3v) is 2.38. The fraction of sp³-hybridized carbons (Fsp3) is 0.286. The van der Waals surface area contributed by atoms with E-state index in [2.05, 4.69) is 10.3 Å². The molecule has 1 unspecified atom stereocenters. The van der Waals surface area contributed by atoms with Crippen molar-refractivity contribution < 1.29 is 14.7 Å². The van der Waals surface area contributed by atoms with Gasteiger partial charge in [-0.15, -0.1) is 11.3 Å². The molecule has 1 aromatic rings. The number of carboxylic acids is 1. The minimum Gasteiger partial charge on any atom is -0.479 e. The maximum atomic E-state index is 10.7. The topological polar surface area (TPSA) is 79.3 Å². The molecule has 1 rings (SSSR count). The quantitative estimate of drug-likeness (QED) is 0.686. The van der Waals surface area contributed by atoms with E-state index in [1.54, 1.807) is 6.92 Å². The van der Waals surface area contributed by atoms with Crippen LogP contribution in [0.15, 0.2) is 6.20 Å². The highest BCUT2D eigenvalue weighted by Crippen LogP contribution is 2.19. The van der Waals surface area contributed by atoms with Crippen LogP contribution >= 0.6 is 11.3 Å². The Morgan fingerprint density at radius 1 is 1.85 bits per heavy atom. The standard InChI is InChI=1S/C7H8N2O3S/c1-4-8-2-5(13-4)6(7(11)12)9-3-10/h2-3,6H,1H3,(H,9,10)(H,11,12). The first-order valence-electron chi connectivity index (χ1n) is 3.50. The molecule has 1 aromatic heterocycles. The molecule has 0 aromatic carbocycles. The van der Waals surface area contributed by atoms with Gasteiger partial charge in [-0.25, -0.2) is 9.78 Å². The van der Waals surface area contributed by atoms with E-state index in [0.29, 0.717) is 11.3 Å². The normalized spacial score (nSPS) is 12.1. The predicted molar refractivity (Wildman–Crippen MR) is 46.4 cm³/mol. The van der Waals surface area contributed by atoms with Gasteiger partial charge in [0.2, 0.25) is 6.41 Å². The fourth-order valence-corrected chi connectivity index (χ4v) is 1.69. The summed E-state index contributed by atoms with van der Waals surface area (Å²) >= 11 is 1.25. The highest BCUT2D eigenvalue weighted by Gasteiger charge is 2.20. The molecule has 1 amide bonds. The lowest BCUT2D eigenvalue weighted by Gasteiger charge is -2.06. The van der Waals surface area contributed by atoms with Crippen LogP contribution in [0.4, 0.5) is 0 Å². The van der Waals surface area contributed by atoms with E-state index in [0.717, 1.165) is 5.01 Å². The number of thiazole rings is 1. The predicted octanol–water partition coefficient (Wildman–Crippen LogP) is 0.323. The molecule has 13 heavy (non-hydrogen) atoms. The van der Waals surface area contributed by atoms with E-state index in [1.165, 1.54) is 17.5 Å². The number of nitrogens with zero attached hydrogens (tertiary/aromatic N) is 1. The van der Waals surface area contributed by atoms with Gasteiger partial charge in [0.15, 0.2) is 6.04 Å². The van der Waals surface area contributed by atoms with Crippen molar-refractivity contribution in [1.82, 2.24) is 10.3 Å². The number of aliphatic carboxylic acids is 1. The van der Waals surface area contributed by atoms with Crippen LogP contribution in [-0.4, -0.2) is 22.5 Å². The van der Waals surface area contributed by atoms with Crippen molar-refractivity contribution in [2.75, 3.05) is 0 Å². The summed E-state index contributed by atoms with van der Waals surface area (Å²) in [5, 5.41) is 11.7. The second kappa shape index (κ2) is 3.99. The summed E-state index contributed by atoms with van der Waals surface area (Å²) in [6.45, 7) is 1.77. The number of carbonyl (C=O) groups is 2. The van der Waals surface area contributed by atoms with Crippen LogP contribution in [0.2, 0.25) is 0 Å². The third-order valence-electron chi connectivity index (χ3n) is 1.41. The van der Waals surface area contributed by atoms with Gasteiger partial charge in [-0.2, -0.15) is 0 Å². The summed E-state index contributed by atoms with van der Waals surface area (Å²) in [4.78, 5) is 25.2. The molecule has 0 bridgehead atoms. The third kappa shape index (κ3) is 2.25. The Hall–Kier alpha value is -1.43. The Morgan fingerprint density at radius 2 is 2.54 bits per heavy atom. The summed E-state index contributed by atoms with van der Waals surface area (Å²) in [5.74, 6) is -1.09. The average molecular weight is 200 g/mol. The lowest BCUT2D eigenvalue weighted by molar-refractivity contribution is -0.140. The van der Waals surface area contributed by atoms with Crippen LogP contribution in [-0.2, 0) is 9.59 Å². The second-order valence-corrected chi connectivity index (χ2v) is 3.60. The molecule has 0 radical (unpaired) electrons. The molecular formula is C7H8N2O3S. The van der Waals surface area contributed by atoms with Crippen LogP contribution < -0.4 is 5.32 Å². The van der Waals surface area contributed by atoms with Gasteiger partial charge in [-0.05, 0) is 6.92 Å². The number of aromatic nitrogens is 1. The molecule has 1 atom stereocenters. The number of carboxylic acid groups (broad SMARTS) is 1. The number of nitrogens with one attached hydrogen (secondary N) is 1. The lowest BCUT2D eigenvalue weighted by Crippen LogP contribution is -2.26. The van der Waals surface area contributed by atoms with Gasteiger partial charge in [0, 0.05) is 6.20 Å². The van der Waals surface area contributed by atoms with Gasteiger partial charge < -0.3 is 10.4 Å². The second-order valence-electron chi connectivity index (χ2n) is 2.34. The first kappa shape index (κ1) is 9.66. The average Bonchev–Trinajstić information content (AvgIpc) is 2.46. The highest BCUT2D eigenvalue weighted by molar-refractivity contribution is 7.11. The molecule has 1 heterocycles. The molecule has 70 valence electrons. The first-order chi connectivity index (χ1) is 6.15. The van der Waals surface area contributed by atoms with Gasteiger partial charge in [0.1, 0.15) is 0 Å². The Balaban J connectivity index is 2.87. The maximum absolute atomic E-state index is 10.7. The number of amides is 1. The lowest BCUT2D eigenvalue weighted by atomic mass is 10.3. The number of rotatable bonds is 4. The molecule has 6 heteroatoms. The SMILES string of the molecule is Cc1ncc(C(NC=O)C(=O)O)s1. The Kier molecular flexibility index (Phi) is 2.97. The molecule has 0 saturated heterocycles. The highest BCUT2D eigenvalue weighted by atomic mass is 32.1. The van der Waals surface area contributed by atoms with E-state index in [1.807, 2.05) is 0 Å². The van der Waals surface area contributed by atoms with E-state index in [9.17, 15) is 9.59 Å². The van der Waals surface area contributed by atoms with Gasteiger partial charge >= 0.3 is 5.97 Å². The number of hydrogen-bond acceptors (Lipinski definition) is 4. The van der Waals surface area contributed by atoms with Crippen molar-refractivity contribution in [3.63, 3.8) is 0 Å². The van der Waals surface area contributed by atoms with Crippen molar-refractivity contribution in [3.05, 3.63) is 16.1 Å². The van der Waals surface area contributed by atoms with Gasteiger partial charge in [0.25, 0.3) is 0 Å². The van der Waals surface area contributed by atoms with E-state index in [4.69, 9.17) is 5.11 Å². The Morgan fingerprint density at radius 3 is 2.92 bits per heavy atom. The summed E-state index contributed by atoms with van der Waals surface area (Å²) in [7, 11) is 0. The van der Waals surface area contributed by atoms with Crippen LogP contribution in [0, 0.1) is 6.92 Å². The maximum Gasteiger partial charge on any atom is 0.331 e. The molecule has 0 aliphatic heterocycles. The van der Waals surface area contributed by atoms with Crippen LogP contribution in [0.1, 0.15) is 15.9 Å². The van der Waals surface area contributed by atoms with E-state index >= 15 is 0 Å². The number of aryl methyl sites for hydroxylation is 1. The van der Waals surface area contributed by atoms with Crippen LogP contribution in [0.3, 0.4) is 0 Å². The zero-order chi connectivity index (χ0) is 9.84. The zero-order valence-electron chi connectivity index (χ0n) is 6.85. The van der Waals surface area contributed by atoms with Crippen LogP contribution in [0.25, 0.3) is 0 Å². The summed E-state index contributed by atoms with van der Waals surface area (Å²) in [6, 6.07) is -0.983. The monoisotopic (exact) mass is 200 g/mol. The van der Waals surface area contributed by atoms with Gasteiger partial charge in [-0.3, -0.25) is 4.79 Å². The van der Waals surface area contributed by atoms with Gasteiger partial charge in [0.05, 0.1) is 9.88 Å². The van der Waals surface area contributed by atoms with Gasteiger partial charge in [-0.1, -0.05) is 0 Å². The fourth-order valence-electron chi connectivity index (χ4n) is 0.854. The summed E-state index contributed by atoms with van der Waals surface area (Å²) < 4.78 is 0. The molecule has 0 aliphatic carbocycles. The smallest absolute Gasteiger partial charge is 0.331 e. The minimum absolute atomic E-state index is 0.369. The Bertz CT molecular complexity index is 323. The van der Waals surface area contributed by atoms with E-state index < -0.39 is 12.0 Å².